The number of carbonyl (C=O) groups is 1. The van der Waals surface area contributed by atoms with Crippen LogP contribution in [0.4, 0.5) is 0 Å². The summed E-state index contributed by atoms with van der Waals surface area (Å²) in [6, 6.07) is 8.74. The first-order valence-electron chi connectivity index (χ1n) is 6.84. The SMILES string of the molecule is COc1ccc(C(C)=O)cc1Cn1nnn(-c2cccs2)c1=O. The number of methoxy groups -OCH3 is 1. The van der Waals surface area contributed by atoms with Gasteiger partial charge in [-0.3, -0.25) is 4.79 Å². The van der Waals surface area contributed by atoms with E-state index in [1.165, 1.54) is 34.7 Å². The summed E-state index contributed by atoms with van der Waals surface area (Å²) < 4.78 is 7.77. The van der Waals surface area contributed by atoms with E-state index in [-0.39, 0.29) is 18.0 Å². The first kappa shape index (κ1) is 15.2. The Hall–Kier alpha value is -2.74. The molecule has 1 aromatic carbocycles. The van der Waals surface area contributed by atoms with Crippen LogP contribution in [-0.2, 0) is 6.54 Å². The second-order valence-electron chi connectivity index (χ2n) is 4.87. The summed E-state index contributed by atoms with van der Waals surface area (Å²) in [6.07, 6.45) is 0. The van der Waals surface area contributed by atoms with Crippen molar-refractivity contribution in [1.29, 1.82) is 0 Å². The van der Waals surface area contributed by atoms with E-state index in [0.29, 0.717) is 21.9 Å². The maximum atomic E-state index is 12.4. The number of benzene rings is 1. The fraction of sp³-hybridized carbons (Fsp3) is 0.200. The molecule has 0 atom stereocenters. The number of hydrogen-bond acceptors (Lipinski definition) is 6. The molecule has 0 radical (unpaired) electrons. The van der Waals surface area contributed by atoms with Gasteiger partial charge < -0.3 is 4.74 Å². The van der Waals surface area contributed by atoms with E-state index < -0.39 is 0 Å². The molecule has 3 rings (SSSR count). The second kappa shape index (κ2) is 6.17. The number of nitrogens with zero attached hydrogens (tertiary/aromatic N) is 4. The highest BCUT2D eigenvalue weighted by atomic mass is 32.1. The number of ether oxygens (including phenoxy) is 1. The van der Waals surface area contributed by atoms with Crippen molar-refractivity contribution in [1.82, 2.24) is 19.8 Å². The zero-order valence-corrected chi connectivity index (χ0v) is 13.4. The van der Waals surface area contributed by atoms with Crippen molar-refractivity contribution in [3.63, 3.8) is 0 Å². The highest BCUT2D eigenvalue weighted by molar-refractivity contribution is 7.12. The summed E-state index contributed by atoms with van der Waals surface area (Å²) in [5.74, 6) is 0.538. The molecule has 0 amide bonds. The summed E-state index contributed by atoms with van der Waals surface area (Å²) in [4.78, 5) is 23.9. The van der Waals surface area contributed by atoms with E-state index in [9.17, 15) is 9.59 Å². The molecular weight excluding hydrogens is 316 g/mol. The Morgan fingerprint density at radius 2 is 2.13 bits per heavy atom. The lowest BCUT2D eigenvalue weighted by Crippen LogP contribution is -2.24. The lowest BCUT2D eigenvalue weighted by atomic mass is 10.1. The van der Waals surface area contributed by atoms with Crippen LogP contribution in [0, 0.1) is 0 Å². The molecule has 0 saturated heterocycles. The van der Waals surface area contributed by atoms with Gasteiger partial charge in [0.15, 0.2) is 5.78 Å². The minimum atomic E-state index is -0.345. The van der Waals surface area contributed by atoms with E-state index in [4.69, 9.17) is 4.74 Å². The quantitative estimate of drug-likeness (QED) is 0.666. The number of aromatic nitrogens is 4. The maximum absolute atomic E-state index is 12.4. The molecule has 2 aromatic heterocycles. The van der Waals surface area contributed by atoms with Crippen molar-refractivity contribution in [2.24, 2.45) is 0 Å². The summed E-state index contributed by atoms with van der Waals surface area (Å²) in [5, 5.41) is 10.3. The zero-order chi connectivity index (χ0) is 16.4. The van der Waals surface area contributed by atoms with Gasteiger partial charge in [0, 0.05) is 11.1 Å². The number of tetrazole rings is 1. The van der Waals surface area contributed by atoms with Gasteiger partial charge in [-0.2, -0.15) is 9.36 Å². The highest BCUT2D eigenvalue weighted by Gasteiger charge is 2.13. The van der Waals surface area contributed by atoms with E-state index >= 15 is 0 Å². The Morgan fingerprint density at radius 3 is 2.78 bits per heavy atom. The minimum Gasteiger partial charge on any atom is -0.496 e. The average molecular weight is 330 g/mol. The second-order valence-corrected chi connectivity index (χ2v) is 5.79. The molecule has 0 aliphatic heterocycles. The maximum Gasteiger partial charge on any atom is 0.369 e. The molecule has 0 spiro atoms. The Labute approximate surface area is 135 Å². The van der Waals surface area contributed by atoms with Crippen molar-refractivity contribution in [2.45, 2.75) is 13.5 Å². The molecule has 8 heteroatoms. The van der Waals surface area contributed by atoms with Crippen LogP contribution < -0.4 is 10.4 Å². The Morgan fingerprint density at radius 1 is 1.30 bits per heavy atom. The van der Waals surface area contributed by atoms with Crippen LogP contribution in [0.15, 0.2) is 40.5 Å². The van der Waals surface area contributed by atoms with Crippen molar-refractivity contribution in [2.75, 3.05) is 7.11 Å². The molecule has 0 N–H and O–H groups in total. The fourth-order valence-corrected chi connectivity index (χ4v) is 2.85. The Bertz CT molecular complexity index is 896. The number of Topliss-reactive ketones (excluding diaryl/α,β-unsaturated/α-hetero) is 1. The number of thiophene rings is 1. The molecule has 3 aromatic rings. The standard InChI is InChI=1S/C15H14N4O3S/c1-10(20)11-5-6-13(22-2)12(8-11)9-18-15(21)19(17-16-18)14-4-3-7-23-14/h3-8H,9H2,1-2H3. The first-order chi connectivity index (χ1) is 11.1. The lowest BCUT2D eigenvalue weighted by molar-refractivity contribution is 0.101. The van der Waals surface area contributed by atoms with Gasteiger partial charge in [-0.05, 0) is 53.1 Å². The van der Waals surface area contributed by atoms with Crippen LogP contribution in [0.2, 0.25) is 0 Å². The molecule has 0 fully saturated rings. The fourth-order valence-electron chi connectivity index (χ4n) is 2.18. The van der Waals surface area contributed by atoms with Gasteiger partial charge in [-0.1, -0.05) is 0 Å². The highest BCUT2D eigenvalue weighted by Crippen LogP contribution is 2.21. The summed E-state index contributed by atoms with van der Waals surface area (Å²) >= 11 is 1.40. The van der Waals surface area contributed by atoms with Crippen LogP contribution in [0.25, 0.3) is 5.00 Å². The first-order valence-corrected chi connectivity index (χ1v) is 7.72. The van der Waals surface area contributed by atoms with E-state index in [1.807, 2.05) is 11.4 Å². The predicted molar refractivity (Wildman–Crippen MR) is 85.6 cm³/mol. The topological polar surface area (TPSA) is 79.0 Å². The van der Waals surface area contributed by atoms with Crippen LogP contribution in [0.5, 0.6) is 5.75 Å². The van der Waals surface area contributed by atoms with Crippen LogP contribution in [0.3, 0.4) is 0 Å². The molecule has 7 nitrogen and oxygen atoms in total. The van der Waals surface area contributed by atoms with Crippen molar-refractivity contribution in [3.05, 3.63) is 57.3 Å². The summed E-state index contributed by atoms with van der Waals surface area (Å²) in [6.45, 7) is 1.67. The Balaban J connectivity index is 1.98. The number of ketones is 1. The third-order valence-corrected chi connectivity index (χ3v) is 4.21. The lowest BCUT2D eigenvalue weighted by Gasteiger charge is -2.09. The van der Waals surface area contributed by atoms with E-state index in [0.717, 1.165) is 0 Å². The van der Waals surface area contributed by atoms with Crippen molar-refractivity contribution in [3.8, 4) is 10.8 Å². The average Bonchev–Trinajstić information content (AvgIpc) is 3.18. The van der Waals surface area contributed by atoms with Crippen molar-refractivity contribution < 1.29 is 9.53 Å². The molecule has 23 heavy (non-hydrogen) atoms. The van der Waals surface area contributed by atoms with Gasteiger partial charge in [0.05, 0.1) is 13.7 Å². The predicted octanol–water partition coefficient (Wildman–Crippen LogP) is 1.75. The normalized spacial score (nSPS) is 10.7. The summed E-state index contributed by atoms with van der Waals surface area (Å²) in [7, 11) is 1.54. The molecule has 0 saturated carbocycles. The van der Waals surface area contributed by atoms with Gasteiger partial charge in [0.25, 0.3) is 0 Å². The van der Waals surface area contributed by atoms with Crippen LogP contribution in [-0.4, -0.2) is 32.7 Å². The molecular formula is C15H14N4O3S. The molecule has 0 aliphatic carbocycles. The van der Waals surface area contributed by atoms with Gasteiger partial charge >= 0.3 is 5.69 Å². The number of carbonyl (C=O) groups excluding carboxylic acids is 1. The molecule has 0 aliphatic rings. The monoisotopic (exact) mass is 330 g/mol. The van der Waals surface area contributed by atoms with Crippen LogP contribution in [0.1, 0.15) is 22.8 Å². The largest absolute Gasteiger partial charge is 0.496 e. The van der Waals surface area contributed by atoms with Gasteiger partial charge in [0.1, 0.15) is 10.8 Å². The van der Waals surface area contributed by atoms with Gasteiger partial charge in [0.2, 0.25) is 0 Å². The third-order valence-electron chi connectivity index (χ3n) is 3.36. The van der Waals surface area contributed by atoms with E-state index in [2.05, 4.69) is 10.4 Å². The smallest absolute Gasteiger partial charge is 0.369 e. The molecule has 2 heterocycles. The van der Waals surface area contributed by atoms with Gasteiger partial charge in [-0.15, -0.1) is 11.3 Å². The minimum absolute atomic E-state index is 0.0523. The molecule has 0 bridgehead atoms. The Kier molecular flexibility index (Phi) is 4.07. The van der Waals surface area contributed by atoms with E-state index in [1.54, 1.807) is 24.3 Å². The third kappa shape index (κ3) is 2.93. The molecule has 0 unspecified atom stereocenters. The number of hydrogen-bond donors (Lipinski definition) is 0. The molecule has 118 valence electrons. The van der Waals surface area contributed by atoms with Crippen molar-refractivity contribution >= 4 is 17.1 Å². The summed E-state index contributed by atoms with van der Waals surface area (Å²) in [5.41, 5.74) is 0.905. The van der Waals surface area contributed by atoms with Gasteiger partial charge in [-0.25, -0.2) is 4.79 Å². The number of rotatable bonds is 5. The van der Waals surface area contributed by atoms with Crippen LogP contribution >= 0.6 is 11.3 Å². The zero-order valence-electron chi connectivity index (χ0n) is 12.6.